The van der Waals surface area contributed by atoms with Gasteiger partial charge in [-0.15, -0.1) is 0 Å². The Balaban J connectivity index is 1.71. The highest BCUT2D eigenvalue weighted by Gasteiger charge is 2.28. The molecule has 0 aliphatic heterocycles. The standard InChI is InChI=1S/C24H22ClFN2O4S/c1-15-6-8-20(9-7-15)33(30,31)32-14-21(29)24(17-4-3-5-19(26)12-17)28-11-10-18-13-22(25)27-16(2)23(18)28/h3-13,21,24,29H,14H2,1-2H3. The van der Waals surface area contributed by atoms with Crippen LogP contribution < -0.4 is 0 Å². The Morgan fingerprint density at radius 1 is 1.12 bits per heavy atom. The summed E-state index contributed by atoms with van der Waals surface area (Å²) in [6, 6.07) is 14.7. The summed E-state index contributed by atoms with van der Waals surface area (Å²) in [5.41, 5.74) is 2.66. The number of aryl methyl sites for hydroxylation is 2. The van der Waals surface area contributed by atoms with Crippen molar-refractivity contribution in [2.75, 3.05) is 6.61 Å². The van der Waals surface area contributed by atoms with Crippen LogP contribution in [-0.4, -0.2) is 35.8 Å². The van der Waals surface area contributed by atoms with E-state index in [9.17, 15) is 17.9 Å². The van der Waals surface area contributed by atoms with Gasteiger partial charge in [-0.25, -0.2) is 9.37 Å². The summed E-state index contributed by atoms with van der Waals surface area (Å²) in [6.07, 6.45) is 0.404. The van der Waals surface area contributed by atoms with Crippen molar-refractivity contribution in [1.29, 1.82) is 0 Å². The minimum Gasteiger partial charge on any atom is -0.388 e. The molecule has 1 N–H and O–H groups in total. The summed E-state index contributed by atoms with van der Waals surface area (Å²) < 4.78 is 46.2. The molecule has 0 fully saturated rings. The molecule has 0 saturated heterocycles. The van der Waals surface area contributed by atoms with Gasteiger partial charge in [0.2, 0.25) is 0 Å². The van der Waals surface area contributed by atoms with Crippen LogP contribution in [0.2, 0.25) is 5.15 Å². The van der Waals surface area contributed by atoms with Gasteiger partial charge in [0.15, 0.2) is 0 Å². The maximum absolute atomic E-state index is 14.1. The molecule has 172 valence electrons. The lowest BCUT2D eigenvalue weighted by atomic mass is 10.0. The molecule has 33 heavy (non-hydrogen) atoms. The molecule has 0 spiro atoms. The van der Waals surface area contributed by atoms with E-state index in [1.165, 1.54) is 30.3 Å². The van der Waals surface area contributed by atoms with Gasteiger partial charge in [0.05, 0.1) is 28.8 Å². The van der Waals surface area contributed by atoms with Crippen molar-refractivity contribution in [3.63, 3.8) is 0 Å². The van der Waals surface area contributed by atoms with Gasteiger partial charge < -0.3 is 9.67 Å². The van der Waals surface area contributed by atoms with E-state index in [2.05, 4.69) is 4.98 Å². The molecule has 2 atom stereocenters. The first-order valence-corrected chi connectivity index (χ1v) is 12.0. The number of aromatic nitrogens is 2. The third-order valence-electron chi connectivity index (χ3n) is 5.40. The van der Waals surface area contributed by atoms with Crippen LogP contribution in [0.15, 0.2) is 71.8 Å². The van der Waals surface area contributed by atoms with E-state index < -0.39 is 34.7 Å². The number of fused-ring (bicyclic) bond motifs is 1. The fraction of sp³-hybridized carbons (Fsp3) is 0.208. The number of rotatable bonds is 7. The topological polar surface area (TPSA) is 81.4 Å². The first-order chi connectivity index (χ1) is 15.7. The zero-order chi connectivity index (χ0) is 23.8. The number of pyridine rings is 1. The Bertz CT molecular complexity index is 1400. The second-order valence-electron chi connectivity index (χ2n) is 7.81. The van der Waals surface area contributed by atoms with E-state index in [0.29, 0.717) is 21.9 Å². The molecule has 4 aromatic rings. The number of benzene rings is 2. The van der Waals surface area contributed by atoms with Crippen molar-refractivity contribution >= 4 is 32.6 Å². The SMILES string of the molecule is Cc1ccc(S(=O)(=O)OCC(O)C(c2cccc(F)c2)n2ccc3cc(Cl)nc(C)c32)cc1. The number of aliphatic hydroxyl groups is 1. The molecule has 2 unspecified atom stereocenters. The Hall–Kier alpha value is -2.78. The third kappa shape index (κ3) is 4.94. The molecule has 4 rings (SSSR count). The van der Waals surface area contributed by atoms with Crippen LogP contribution in [0.4, 0.5) is 4.39 Å². The molecular weight excluding hydrogens is 467 g/mol. The summed E-state index contributed by atoms with van der Waals surface area (Å²) in [4.78, 5) is 4.27. The highest BCUT2D eigenvalue weighted by Crippen LogP contribution is 2.31. The van der Waals surface area contributed by atoms with Crippen molar-refractivity contribution in [3.05, 3.63) is 94.7 Å². The predicted molar refractivity (Wildman–Crippen MR) is 124 cm³/mol. The second kappa shape index (κ2) is 9.23. The van der Waals surface area contributed by atoms with Crippen molar-refractivity contribution in [2.45, 2.75) is 30.9 Å². The molecule has 2 aromatic carbocycles. The monoisotopic (exact) mass is 488 g/mol. The van der Waals surface area contributed by atoms with Crippen molar-refractivity contribution in [3.8, 4) is 0 Å². The molecule has 0 aliphatic rings. The van der Waals surface area contributed by atoms with Gasteiger partial charge in [-0.1, -0.05) is 41.4 Å². The third-order valence-corrected chi connectivity index (χ3v) is 6.89. The molecule has 6 nitrogen and oxygen atoms in total. The van der Waals surface area contributed by atoms with Crippen LogP contribution in [0.25, 0.3) is 10.9 Å². The van der Waals surface area contributed by atoms with Gasteiger partial charge in [0.25, 0.3) is 10.1 Å². The number of halogens is 2. The van der Waals surface area contributed by atoms with Gasteiger partial charge in [0, 0.05) is 11.6 Å². The van der Waals surface area contributed by atoms with Crippen molar-refractivity contribution in [1.82, 2.24) is 9.55 Å². The molecule has 0 saturated carbocycles. The van der Waals surface area contributed by atoms with Gasteiger partial charge in [0.1, 0.15) is 17.1 Å². The van der Waals surface area contributed by atoms with Gasteiger partial charge >= 0.3 is 0 Å². The van der Waals surface area contributed by atoms with Crippen molar-refractivity contribution < 1.29 is 22.1 Å². The summed E-state index contributed by atoms with van der Waals surface area (Å²) in [6.45, 7) is 3.09. The molecule has 2 aromatic heterocycles. The Labute approximate surface area is 196 Å². The smallest absolute Gasteiger partial charge is 0.297 e. The molecule has 0 bridgehead atoms. The van der Waals surface area contributed by atoms with E-state index in [1.54, 1.807) is 48.0 Å². The van der Waals surface area contributed by atoms with Crippen LogP contribution in [0.1, 0.15) is 22.9 Å². The lowest BCUT2D eigenvalue weighted by molar-refractivity contribution is 0.0784. The summed E-state index contributed by atoms with van der Waals surface area (Å²) in [7, 11) is -4.09. The van der Waals surface area contributed by atoms with Crippen LogP contribution in [-0.2, 0) is 14.3 Å². The number of aliphatic hydroxyl groups excluding tert-OH is 1. The number of hydrogen-bond donors (Lipinski definition) is 1. The molecule has 0 radical (unpaired) electrons. The quantitative estimate of drug-likeness (QED) is 0.298. The highest BCUT2D eigenvalue weighted by atomic mass is 35.5. The number of hydrogen-bond acceptors (Lipinski definition) is 5. The van der Waals surface area contributed by atoms with Crippen LogP contribution in [0, 0.1) is 19.7 Å². The van der Waals surface area contributed by atoms with E-state index >= 15 is 0 Å². The lowest BCUT2D eigenvalue weighted by Crippen LogP contribution is -2.30. The van der Waals surface area contributed by atoms with E-state index in [1.807, 2.05) is 6.92 Å². The lowest BCUT2D eigenvalue weighted by Gasteiger charge is -2.26. The van der Waals surface area contributed by atoms with Gasteiger partial charge in [-0.05, 0) is 55.8 Å². The minimum absolute atomic E-state index is 0.0105. The largest absolute Gasteiger partial charge is 0.388 e. The average molecular weight is 489 g/mol. The highest BCUT2D eigenvalue weighted by molar-refractivity contribution is 7.86. The first-order valence-electron chi connectivity index (χ1n) is 10.2. The molecule has 9 heteroatoms. The molecular formula is C24H22ClFN2O4S. The number of nitrogens with zero attached hydrogens (tertiary/aromatic N) is 2. The van der Waals surface area contributed by atoms with E-state index in [0.717, 1.165) is 10.9 Å². The summed E-state index contributed by atoms with van der Waals surface area (Å²) in [5.74, 6) is -0.479. The fourth-order valence-corrected chi connectivity index (χ4v) is 5.03. The van der Waals surface area contributed by atoms with Crippen molar-refractivity contribution in [2.24, 2.45) is 0 Å². The zero-order valence-corrected chi connectivity index (χ0v) is 19.5. The van der Waals surface area contributed by atoms with Crippen LogP contribution in [0.3, 0.4) is 0 Å². The van der Waals surface area contributed by atoms with Gasteiger partial charge in [-0.2, -0.15) is 8.42 Å². The first kappa shape index (κ1) is 23.4. The Morgan fingerprint density at radius 2 is 1.85 bits per heavy atom. The zero-order valence-electron chi connectivity index (χ0n) is 17.9. The fourth-order valence-electron chi connectivity index (χ4n) is 3.86. The maximum Gasteiger partial charge on any atom is 0.297 e. The second-order valence-corrected chi connectivity index (χ2v) is 9.81. The Morgan fingerprint density at radius 3 is 2.55 bits per heavy atom. The average Bonchev–Trinajstić information content (AvgIpc) is 3.16. The molecule has 0 aliphatic carbocycles. The molecule has 0 amide bonds. The summed E-state index contributed by atoms with van der Waals surface area (Å²) >= 11 is 6.07. The van der Waals surface area contributed by atoms with E-state index in [-0.39, 0.29) is 4.90 Å². The molecule has 2 heterocycles. The predicted octanol–water partition coefficient (Wildman–Crippen LogP) is 4.80. The van der Waals surface area contributed by atoms with Crippen LogP contribution >= 0.6 is 11.6 Å². The summed E-state index contributed by atoms with van der Waals surface area (Å²) in [5, 5.41) is 12.2. The van der Waals surface area contributed by atoms with Crippen LogP contribution in [0.5, 0.6) is 0 Å². The maximum atomic E-state index is 14.1. The van der Waals surface area contributed by atoms with E-state index in [4.69, 9.17) is 15.8 Å². The van der Waals surface area contributed by atoms with Gasteiger partial charge in [-0.3, -0.25) is 4.18 Å². The minimum atomic E-state index is -4.09. The normalized spacial score (nSPS) is 13.8. The Kier molecular flexibility index (Phi) is 6.54.